The van der Waals surface area contributed by atoms with Gasteiger partial charge in [0.2, 0.25) is 0 Å². The number of ether oxygens (including phenoxy) is 2. The van der Waals surface area contributed by atoms with E-state index in [1.54, 1.807) is 0 Å². The molecule has 9 heteroatoms. The van der Waals surface area contributed by atoms with Crippen molar-refractivity contribution in [2.75, 3.05) is 0 Å². The van der Waals surface area contributed by atoms with E-state index >= 15 is 0 Å². The van der Waals surface area contributed by atoms with Crippen molar-refractivity contribution < 1.29 is 32.0 Å². The van der Waals surface area contributed by atoms with Gasteiger partial charge in [0.15, 0.2) is 5.25 Å². The van der Waals surface area contributed by atoms with Gasteiger partial charge in [-0.05, 0) is 25.7 Å². The zero-order chi connectivity index (χ0) is 21.6. The molecule has 7 nitrogen and oxygen atoms in total. The van der Waals surface area contributed by atoms with Gasteiger partial charge < -0.3 is 9.47 Å². The van der Waals surface area contributed by atoms with Crippen molar-refractivity contribution in [2.24, 2.45) is 0 Å². The molecule has 0 bridgehead atoms. The van der Waals surface area contributed by atoms with Gasteiger partial charge in [-0.2, -0.15) is 8.42 Å². The molecule has 0 heterocycles. The van der Waals surface area contributed by atoms with Crippen LogP contribution in [0.3, 0.4) is 0 Å². The molecule has 3 unspecified atom stereocenters. The number of carbonyl (C=O) groups is 2. The van der Waals surface area contributed by atoms with Crippen LogP contribution in [0, 0.1) is 0 Å². The van der Waals surface area contributed by atoms with Gasteiger partial charge in [-0.3, -0.25) is 14.1 Å². The first-order valence-electron chi connectivity index (χ1n) is 10.6. The van der Waals surface area contributed by atoms with Crippen LogP contribution in [-0.2, 0) is 29.2 Å². The second kappa shape index (κ2) is 17.5. The number of unbranched alkanes of at least 4 members (excludes halogenated alkanes) is 2. The van der Waals surface area contributed by atoms with E-state index in [0.29, 0.717) is 25.7 Å². The van der Waals surface area contributed by atoms with E-state index in [-0.39, 0.29) is 35.7 Å². The van der Waals surface area contributed by atoms with Gasteiger partial charge in [0.1, 0.15) is 12.2 Å². The van der Waals surface area contributed by atoms with Crippen molar-refractivity contribution in [1.29, 1.82) is 0 Å². The molecule has 0 fully saturated rings. The molecule has 1 radical (unpaired) electrons. The maximum atomic E-state index is 12.4. The fourth-order valence-electron chi connectivity index (χ4n) is 2.97. The second-order valence-electron chi connectivity index (χ2n) is 7.24. The molecule has 0 aromatic heterocycles. The van der Waals surface area contributed by atoms with Crippen LogP contribution in [0.15, 0.2) is 0 Å². The minimum Gasteiger partial charge on any atom is -0.462 e. The van der Waals surface area contributed by atoms with Crippen molar-refractivity contribution in [3.05, 3.63) is 0 Å². The fourth-order valence-corrected chi connectivity index (χ4v) is 3.61. The summed E-state index contributed by atoms with van der Waals surface area (Å²) in [4.78, 5) is 24.6. The van der Waals surface area contributed by atoms with Crippen molar-refractivity contribution in [3.63, 3.8) is 0 Å². The number of rotatable bonds is 16. The Hall–Kier alpha value is -0.150. The zero-order valence-electron chi connectivity index (χ0n) is 18.8. The molecule has 0 saturated carbocycles. The first kappa shape index (κ1) is 31.0. The van der Waals surface area contributed by atoms with Gasteiger partial charge in [-0.1, -0.05) is 66.2 Å². The number of hydrogen-bond donors (Lipinski definition) is 1. The van der Waals surface area contributed by atoms with Crippen molar-refractivity contribution in [2.45, 2.75) is 116 Å². The smallest absolute Gasteiger partial charge is 0.327 e. The normalized spacial score (nSPS) is 14.4. The predicted octanol–water partition coefficient (Wildman–Crippen LogP) is 4.06. The Morgan fingerprint density at radius 2 is 1.24 bits per heavy atom. The first-order chi connectivity index (χ1) is 13.2. The number of carbonyl (C=O) groups excluding carboxylic acids is 2. The first-order valence-corrected chi connectivity index (χ1v) is 12.1. The van der Waals surface area contributed by atoms with Crippen LogP contribution in [0.1, 0.15) is 98.3 Å². The van der Waals surface area contributed by atoms with Crippen LogP contribution < -0.4 is 0 Å². The van der Waals surface area contributed by atoms with Crippen LogP contribution in [0.5, 0.6) is 0 Å². The average Bonchev–Trinajstić information content (AvgIpc) is 2.61. The Morgan fingerprint density at radius 1 is 0.793 bits per heavy atom. The largest absolute Gasteiger partial charge is 0.462 e. The Labute approximate surface area is 198 Å². The standard InChI is InChI=1S/C20H38O7S.Na/c1-5-9-13-16(11-7-3)26-19(21)15-18(28(23,24)25)20(22)27-17(12-8-4)14-10-6-2;/h16-18H,5-15H2,1-4H3,(H,23,24,25);. The second-order valence-corrected chi connectivity index (χ2v) is 8.84. The van der Waals surface area contributed by atoms with Crippen LogP contribution in [0.2, 0.25) is 0 Å². The summed E-state index contributed by atoms with van der Waals surface area (Å²) < 4.78 is 43.5. The minimum absolute atomic E-state index is 0. The van der Waals surface area contributed by atoms with Gasteiger partial charge in [0.05, 0.1) is 6.42 Å². The Morgan fingerprint density at radius 3 is 1.62 bits per heavy atom. The third-order valence-electron chi connectivity index (χ3n) is 4.54. The topological polar surface area (TPSA) is 107 Å². The summed E-state index contributed by atoms with van der Waals surface area (Å²) in [5, 5.41) is -1.95. The summed E-state index contributed by atoms with van der Waals surface area (Å²) in [5.74, 6) is -1.90. The van der Waals surface area contributed by atoms with Gasteiger partial charge in [0.25, 0.3) is 10.1 Å². The van der Waals surface area contributed by atoms with Crippen molar-refractivity contribution in [1.82, 2.24) is 0 Å². The van der Waals surface area contributed by atoms with Gasteiger partial charge in [-0.25, -0.2) is 0 Å². The van der Waals surface area contributed by atoms with Gasteiger partial charge >= 0.3 is 11.9 Å². The summed E-state index contributed by atoms with van der Waals surface area (Å²) in [6.07, 6.45) is 6.30. The summed E-state index contributed by atoms with van der Waals surface area (Å²) >= 11 is 0. The molecule has 0 aliphatic rings. The van der Waals surface area contributed by atoms with E-state index in [1.165, 1.54) is 0 Å². The molecule has 0 amide bonds. The van der Waals surface area contributed by atoms with Gasteiger partial charge in [0, 0.05) is 29.6 Å². The minimum atomic E-state index is -4.78. The fraction of sp³-hybridized carbons (Fsp3) is 0.900. The summed E-state index contributed by atoms with van der Waals surface area (Å²) in [6.45, 7) is 7.94. The third kappa shape index (κ3) is 14.5. The van der Waals surface area contributed by atoms with E-state index < -0.39 is 39.8 Å². The van der Waals surface area contributed by atoms with Crippen LogP contribution >= 0.6 is 0 Å². The number of hydrogen-bond acceptors (Lipinski definition) is 6. The Kier molecular flexibility index (Phi) is 18.8. The molecule has 1 N–H and O–H groups in total. The molecule has 29 heavy (non-hydrogen) atoms. The molecule has 167 valence electrons. The molecule has 0 aromatic rings. The Bertz CT molecular complexity index is 551. The molecule has 0 aromatic carbocycles. The zero-order valence-corrected chi connectivity index (χ0v) is 21.6. The van der Waals surface area contributed by atoms with E-state index in [0.717, 1.165) is 38.5 Å². The molecular weight excluding hydrogens is 407 g/mol. The molecule has 0 aliphatic carbocycles. The van der Waals surface area contributed by atoms with E-state index in [1.807, 2.05) is 27.7 Å². The molecule has 3 atom stereocenters. The number of esters is 2. The molecule has 0 saturated heterocycles. The molecule has 0 spiro atoms. The molecule has 0 rings (SSSR count). The summed E-state index contributed by atoms with van der Waals surface area (Å²) in [5.41, 5.74) is 0. The SMILES string of the molecule is CCCCC(CCC)OC(=O)CC(C(=O)OC(CCC)CCCC)S(=O)(=O)O.[Na]. The van der Waals surface area contributed by atoms with Crippen LogP contribution in [0.4, 0.5) is 0 Å². The Balaban J connectivity index is 0. The monoisotopic (exact) mass is 445 g/mol. The molecule has 0 aliphatic heterocycles. The maximum Gasteiger partial charge on any atom is 0.327 e. The maximum absolute atomic E-state index is 12.4. The van der Waals surface area contributed by atoms with E-state index in [4.69, 9.17) is 9.47 Å². The van der Waals surface area contributed by atoms with Gasteiger partial charge in [-0.15, -0.1) is 0 Å². The summed E-state index contributed by atoms with van der Waals surface area (Å²) in [7, 11) is -4.78. The predicted molar refractivity (Wildman–Crippen MR) is 114 cm³/mol. The van der Waals surface area contributed by atoms with Crippen LogP contribution in [-0.4, -0.2) is 71.9 Å². The third-order valence-corrected chi connectivity index (χ3v) is 5.61. The summed E-state index contributed by atoms with van der Waals surface area (Å²) in [6, 6.07) is 0. The van der Waals surface area contributed by atoms with E-state index in [2.05, 4.69) is 0 Å². The van der Waals surface area contributed by atoms with E-state index in [9.17, 15) is 22.6 Å². The van der Waals surface area contributed by atoms with Crippen LogP contribution in [0.25, 0.3) is 0 Å². The average molecular weight is 446 g/mol. The molecular formula is C20H38NaO7S. The van der Waals surface area contributed by atoms with Crippen molar-refractivity contribution >= 4 is 51.6 Å². The quantitative estimate of drug-likeness (QED) is 0.217. The van der Waals surface area contributed by atoms with Crippen molar-refractivity contribution in [3.8, 4) is 0 Å².